The summed E-state index contributed by atoms with van der Waals surface area (Å²) in [4.78, 5) is 15.7. The molecule has 0 aliphatic rings. The van der Waals surface area contributed by atoms with Crippen LogP contribution in [-0.4, -0.2) is 22.1 Å². The molecule has 4 nitrogen and oxygen atoms in total. The fraction of sp³-hybridized carbons (Fsp3) is 0.231. The van der Waals surface area contributed by atoms with Crippen molar-refractivity contribution >= 4 is 17.6 Å². The summed E-state index contributed by atoms with van der Waals surface area (Å²) in [7, 11) is 1.84. The monoisotopic (exact) mass is 264 g/mol. The number of aromatic nitrogens is 2. The molecule has 5 heteroatoms. The van der Waals surface area contributed by atoms with E-state index in [0.717, 1.165) is 11.4 Å². The number of esters is 1. The lowest BCUT2D eigenvalue weighted by Gasteiger charge is -2.04. The molecule has 0 aliphatic heterocycles. The third kappa shape index (κ3) is 2.38. The van der Waals surface area contributed by atoms with Gasteiger partial charge in [0.25, 0.3) is 0 Å². The SMILES string of the molecule is CCOC(=O)c1ccc(-c2ncc(Cl)n2C)cc1. The second-order valence-corrected chi connectivity index (χ2v) is 4.15. The summed E-state index contributed by atoms with van der Waals surface area (Å²) in [6.45, 7) is 2.15. The molecule has 0 N–H and O–H groups in total. The Kier molecular flexibility index (Phi) is 3.67. The third-order valence-electron chi connectivity index (χ3n) is 2.59. The summed E-state index contributed by atoms with van der Waals surface area (Å²) in [6, 6.07) is 7.08. The van der Waals surface area contributed by atoms with Crippen LogP contribution >= 0.6 is 11.6 Å². The van der Waals surface area contributed by atoms with E-state index in [4.69, 9.17) is 16.3 Å². The van der Waals surface area contributed by atoms with Crippen molar-refractivity contribution in [2.24, 2.45) is 7.05 Å². The Morgan fingerprint density at radius 1 is 1.39 bits per heavy atom. The molecule has 0 fully saturated rings. The average Bonchev–Trinajstić information content (AvgIpc) is 2.71. The molecule has 0 spiro atoms. The molecule has 2 aromatic rings. The van der Waals surface area contributed by atoms with E-state index < -0.39 is 0 Å². The summed E-state index contributed by atoms with van der Waals surface area (Å²) in [5, 5.41) is 0.569. The van der Waals surface area contributed by atoms with E-state index in [1.807, 2.05) is 19.2 Å². The van der Waals surface area contributed by atoms with Crippen LogP contribution < -0.4 is 0 Å². The van der Waals surface area contributed by atoms with Crippen LogP contribution in [0.5, 0.6) is 0 Å². The highest BCUT2D eigenvalue weighted by atomic mass is 35.5. The molecule has 0 atom stereocenters. The van der Waals surface area contributed by atoms with Crippen LogP contribution in [0.15, 0.2) is 30.5 Å². The first-order chi connectivity index (χ1) is 8.63. The Morgan fingerprint density at radius 2 is 2.06 bits per heavy atom. The van der Waals surface area contributed by atoms with E-state index in [2.05, 4.69) is 4.98 Å². The smallest absolute Gasteiger partial charge is 0.338 e. The Bertz CT molecular complexity index is 561. The topological polar surface area (TPSA) is 44.1 Å². The molecule has 0 saturated heterocycles. The van der Waals surface area contributed by atoms with Gasteiger partial charge in [-0.2, -0.15) is 0 Å². The molecule has 0 amide bonds. The number of imidazole rings is 1. The Hall–Kier alpha value is -1.81. The van der Waals surface area contributed by atoms with Crippen LogP contribution in [0.3, 0.4) is 0 Å². The number of halogens is 1. The Labute approximate surface area is 110 Å². The van der Waals surface area contributed by atoms with E-state index in [0.29, 0.717) is 17.3 Å². The molecule has 1 aromatic carbocycles. The predicted octanol–water partition coefficient (Wildman–Crippen LogP) is 2.92. The predicted molar refractivity (Wildman–Crippen MR) is 69.6 cm³/mol. The second kappa shape index (κ2) is 5.23. The number of carbonyl (C=O) groups excluding carboxylic acids is 1. The zero-order valence-corrected chi connectivity index (χ0v) is 10.9. The number of carbonyl (C=O) groups is 1. The maximum Gasteiger partial charge on any atom is 0.338 e. The molecule has 0 aliphatic carbocycles. The van der Waals surface area contributed by atoms with Crippen LogP contribution in [0.4, 0.5) is 0 Å². The zero-order chi connectivity index (χ0) is 13.1. The summed E-state index contributed by atoms with van der Waals surface area (Å²) >= 11 is 5.93. The summed E-state index contributed by atoms with van der Waals surface area (Å²) in [5.74, 6) is 0.442. The van der Waals surface area contributed by atoms with Crippen molar-refractivity contribution in [1.29, 1.82) is 0 Å². The van der Waals surface area contributed by atoms with E-state index in [1.54, 1.807) is 29.8 Å². The van der Waals surface area contributed by atoms with Gasteiger partial charge >= 0.3 is 5.97 Å². The largest absolute Gasteiger partial charge is 0.462 e. The Morgan fingerprint density at radius 3 is 2.56 bits per heavy atom. The van der Waals surface area contributed by atoms with Crippen LogP contribution in [-0.2, 0) is 11.8 Å². The highest BCUT2D eigenvalue weighted by Gasteiger charge is 2.09. The lowest BCUT2D eigenvalue weighted by molar-refractivity contribution is 0.0526. The lowest BCUT2D eigenvalue weighted by atomic mass is 10.1. The van der Waals surface area contributed by atoms with Gasteiger partial charge < -0.3 is 9.30 Å². The van der Waals surface area contributed by atoms with Crippen molar-refractivity contribution in [1.82, 2.24) is 9.55 Å². The molecule has 0 radical (unpaired) electrons. The second-order valence-electron chi connectivity index (χ2n) is 3.76. The maximum atomic E-state index is 11.5. The fourth-order valence-corrected chi connectivity index (χ4v) is 1.76. The first-order valence-corrected chi connectivity index (χ1v) is 5.96. The van der Waals surface area contributed by atoms with E-state index in [9.17, 15) is 4.79 Å². The molecule has 0 bridgehead atoms. The summed E-state index contributed by atoms with van der Waals surface area (Å²) in [5.41, 5.74) is 1.43. The molecular formula is C13H13ClN2O2. The molecule has 18 heavy (non-hydrogen) atoms. The van der Waals surface area contributed by atoms with Crippen molar-refractivity contribution in [2.45, 2.75) is 6.92 Å². The average molecular weight is 265 g/mol. The van der Waals surface area contributed by atoms with Gasteiger partial charge in [-0.3, -0.25) is 0 Å². The molecule has 1 heterocycles. The minimum Gasteiger partial charge on any atom is -0.462 e. The minimum absolute atomic E-state index is 0.318. The van der Waals surface area contributed by atoms with Gasteiger partial charge in [0.1, 0.15) is 11.0 Å². The standard InChI is InChI=1S/C13H13ClN2O2/c1-3-18-13(17)10-6-4-9(5-7-10)12-15-8-11(14)16(12)2/h4-8H,3H2,1-2H3. The van der Waals surface area contributed by atoms with Gasteiger partial charge in [-0.25, -0.2) is 9.78 Å². The number of benzene rings is 1. The van der Waals surface area contributed by atoms with Crippen LogP contribution in [0.1, 0.15) is 17.3 Å². The molecule has 94 valence electrons. The molecule has 0 saturated carbocycles. The van der Waals surface area contributed by atoms with Crippen LogP contribution in [0.25, 0.3) is 11.4 Å². The molecule has 2 rings (SSSR count). The zero-order valence-electron chi connectivity index (χ0n) is 10.2. The van der Waals surface area contributed by atoms with Crippen molar-refractivity contribution in [3.8, 4) is 11.4 Å². The fourth-order valence-electron chi connectivity index (χ4n) is 1.63. The van der Waals surface area contributed by atoms with Crippen LogP contribution in [0, 0.1) is 0 Å². The van der Waals surface area contributed by atoms with Gasteiger partial charge in [-0.05, 0) is 19.1 Å². The van der Waals surface area contributed by atoms with Gasteiger partial charge in [-0.15, -0.1) is 0 Å². The number of ether oxygens (including phenoxy) is 1. The summed E-state index contributed by atoms with van der Waals surface area (Å²) < 4.78 is 6.70. The number of rotatable bonds is 3. The maximum absolute atomic E-state index is 11.5. The number of hydrogen-bond acceptors (Lipinski definition) is 3. The highest BCUT2D eigenvalue weighted by Crippen LogP contribution is 2.21. The molecule has 0 unspecified atom stereocenters. The normalized spacial score (nSPS) is 10.4. The quantitative estimate of drug-likeness (QED) is 0.801. The van der Waals surface area contributed by atoms with Crippen LogP contribution in [0.2, 0.25) is 5.15 Å². The van der Waals surface area contributed by atoms with E-state index in [-0.39, 0.29) is 5.97 Å². The minimum atomic E-state index is -0.318. The summed E-state index contributed by atoms with van der Waals surface area (Å²) in [6.07, 6.45) is 1.59. The van der Waals surface area contributed by atoms with Crippen molar-refractivity contribution in [2.75, 3.05) is 6.61 Å². The van der Waals surface area contributed by atoms with E-state index in [1.165, 1.54) is 0 Å². The van der Waals surface area contributed by atoms with E-state index >= 15 is 0 Å². The number of hydrogen-bond donors (Lipinski definition) is 0. The van der Waals surface area contributed by atoms with Gasteiger partial charge in [0.2, 0.25) is 0 Å². The molecule has 1 aromatic heterocycles. The lowest BCUT2D eigenvalue weighted by Crippen LogP contribution is -2.04. The van der Waals surface area contributed by atoms with Gasteiger partial charge in [0.15, 0.2) is 0 Å². The first-order valence-electron chi connectivity index (χ1n) is 5.58. The van der Waals surface area contributed by atoms with Gasteiger partial charge in [-0.1, -0.05) is 23.7 Å². The van der Waals surface area contributed by atoms with Crippen molar-refractivity contribution in [3.63, 3.8) is 0 Å². The molecular weight excluding hydrogens is 252 g/mol. The third-order valence-corrected chi connectivity index (χ3v) is 2.94. The van der Waals surface area contributed by atoms with Gasteiger partial charge in [0, 0.05) is 12.6 Å². The van der Waals surface area contributed by atoms with Crippen molar-refractivity contribution < 1.29 is 9.53 Å². The highest BCUT2D eigenvalue weighted by molar-refractivity contribution is 6.29. The van der Waals surface area contributed by atoms with Crippen molar-refractivity contribution in [3.05, 3.63) is 41.2 Å². The first kappa shape index (κ1) is 12.6. The number of nitrogens with zero attached hydrogens (tertiary/aromatic N) is 2. The Balaban J connectivity index is 2.28. The van der Waals surface area contributed by atoms with Gasteiger partial charge in [0.05, 0.1) is 18.4 Å².